The minimum absolute atomic E-state index is 0.349. The van der Waals surface area contributed by atoms with Gasteiger partial charge in [-0.1, -0.05) is 13.8 Å². The molecule has 0 aromatic heterocycles. The van der Waals surface area contributed by atoms with Crippen molar-refractivity contribution in [2.75, 3.05) is 6.54 Å². The summed E-state index contributed by atoms with van der Waals surface area (Å²) in [6.45, 7) is 9.57. The number of hydrogen-bond donors (Lipinski definition) is 1. The molecule has 0 spiro atoms. The maximum Gasteiger partial charge on any atom is 0.223 e. The summed E-state index contributed by atoms with van der Waals surface area (Å²) in [5.41, 5.74) is 5.67. The number of nitrogens with two attached hydrogens (primary N) is 1. The number of likely N-dealkylation sites (tertiary alicyclic amines) is 1. The van der Waals surface area contributed by atoms with Gasteiger partial charge in [-0.2, -0.15) is 0 Å². The van der Waals surface area contributed by atoms with Gasteiger partial charge in [0.15, 0.2) is 0 Å². The first kappa shape index (κ1) is 16.5. The lowest BCUT2D eigenvalue weighted by molar-refractivity contribution is -0.137. The van der Waals surface area contributed by atoms with Gasteiger partial charge in [0.1, 0.15) is 0 Å². The number of hydrogen-bond acceptors (Lipinski definition) is 2. The Hall–Kier alpha value is -0.570. The SMILES string of the molecule is CC(C)C(CCN)CCC(=O)N1[C@H](C)CCC[C@@H]1C. The first-order valence-electron chi connectivity index (χ1n) is 7.98. The summed E-state index contributed by atoms with van der Waals surface area (Å²) in [7, 11) is 0. The highest BCUT2D eigenvalue weighted by molar-refractivity contribution is 5.77. The summed E-state index contributed by atoms with van der Waals surface area (Å²) in [6.07, 6.45) is 6.30. The third-order valence-corrected chi connectivity index (χ3v) is 4.69. The number of amides is 1. The molecule has 1 aliphatic rings. The molecular weight excluding hydrogens is 236 g/mol. The van der Waals surface area contributed by atoms with E-state index in [9.17, 15) is 4.79 Å². The van der Waals surface area contributed by atoms with Crippen molar-refractivity contribution in [1.82, 2.24) is 4.90 Å². The van der Waals surface area contributed by atoms with E-state index in [1.165, 1.54) is 6.42 Å². The predicted octanol–water partition coefficient (Wildman–Crippen LogP) is 3.18. The Morgan fingerprint density at radius 3 is 2.26 bits per heavy atom. The topological polar surface area (TPSA) is 46.3 Å². The van der Waals surface area contributed by atoms with Gasteiger partial charge in [-0.3, -0.25) is 4.79 Å². The van der Waals surface area contributed by atoms with Gasteiger partial charge in [-0.15, -0.1) is 0 Å². The van der Waals surface area contributed by atoms with E-state index in [0.717, 1.165) is 32.2 Å². The van der Waals surface area contributed by atoms with E-state index in [1.807, 2.05) is 0 Å². The molecule has 1 aliphatic heterocycles. The largest absolute Gasteiger partial charge is 0.337 e. The van der Waals surface area contributed by atoms with Gasteiger partial charge >= 0.3 is 0 Å². The molecule has 3 nitrogen and oxygen atoms in total. The van der Waals surface area contributed by atoms with E-state index >= 15 is 0 Å². The average Bonchev–Trinajstić information content (AvgIpc) is 2.33. The normalized spacial score (nSPS) is 25.7. The van der Waals surface area contributed by atoms with Crippen LogP contribution in [0, 0.1) is 11.8 Å². The number of carbonyl (C=O) groups is 1. The number of nitrogens with zero attached hydrogens (tertiary/aromatic N) is 1. The Labute approximate surface area is 118 Å². The smallest absolute Gasteiger partial charge is 0.223 e. The summed E-state index contributed by atoms with van der Waals surface area (Å²) in [6, 6.07) is 0.839. The standard InChI is InChI=1S/C16H32N2O/c1-12(2)15(10-11-17)8-9-16(19)18-13(3)6-5-7-14(18)4/h12-15H,5-11,17H2,1-4H3/t13-,14+,15?. The molecule has 3 heteroatoms. The van der Waals surface area contributed by atoms with E-state index < -0.39 is 0 Å². The average molecular weight is 268 g/mol. The molecule has 0 bridgehead atoms. The lowest BCUT2D eigenvalue weighted by atomic mass is 9.87. The molecule has 1 unspecified atom stereocenters. The molecule has 0 aromatic rings. The molecule has 1 amide bonds. The van der Waals surface area contributed by atoms with Gasteiger partial charge < -0.3 is 10.6 Å². The van der Waals surface area contributed by atoms with Crippen LogP contribution in [-0.2, 0) is 4.79 Å². The zero-order chi connectivity index (χ0) is 14.4. The monoisotopic (exact) mass is 268 g/mol. The Balaban J connectivity index is 2.48. The van der Waals surface area contributed by atoms with Gasteiger partial charge in [0.05, 0.1) is 0 Å². The van der Waals surface area contributed by atoms with E-state index in [1.54, 1.807) is 0 Å². The molecule has 1 rings (SSSR count). The molecule has 0 radical (unpaired) electrons. The minimum Gasteiger partial charge on any atom is -0.337 e. The van der Waals surface area contributed by atoms with Crippen molar-refractivity contribution in [3.63, 3.8) is 0 Å². The third kappa shape index (κ3) is 4.79. The second-order valence-corrected chi connectivity index (χ2v) is 6.55. The molecule has 1 heterocycles. The van der Waals surface area contributed by atoms with Crippen LogP contribution in [0.5, 0.6) is 0 Å². The van der Waals surface area contributed by atoms with Crippen LogP contribution in [0.3, 0.4) is 0 Å². The van der Waals surface area contributed by atoms with Crippen LogP contribution in [0.25, 0.3) is 0 Å². The molecule has 3 atom stereocenters. The zero-order valence-corrected chi connectivity index (χ0v) is 13.2. The van der Waals surface area contributed by atoms with Crippen LogP contribution in [0.1, 0.15) is 66.2 Å². The van der Waals surface area contributed by atoms with Crippen molar-refractivity contribution in [3.05, 3.63) is 0 Å². The molecule has 1 fully saturated rings. The van der Waals surface area contributed by atoms with Crippen molar-refractivity contribution in [2.24, 2.45) is 17.6 Å². The van der Waals surface area contributed by atoms with Gasteiger partial charge in [-0.05, 0) is 64.3 Å². The van der Waals surface area contributed by atoms with Crippen LogP contribution in [0.2, 0.25) is 0 Å². The van der Waals surface area contributed by atoms with E-state index in [-0.39, 0.29) is 0 Å². The third-order valence-electron chi connectivity index (χ3n) is 4.69. The number of carbonyl (C=O) groups excluding carboxylic acids is 1. The maximum absolute atomic E-state index is 12.4. The Kier molecular flexibility index (Phi) is 6.84. The summed E-state index contributed by atoms with van der Waals surface area (Å²) in [5, 5.41) is 0. The predicted molar refractivity (Wildman–Crippen MR) is 80.9 cm³/mol. The van der Waals surface area contributed by atoms with Gasteiger partial charge in [0.25, 0.3) is 0 Å². The first-order valence-corrected chi connectivity index (χ1v) is 7.98. The molecule has 0 saturated carbocycles. The molecule has 0 aromatic carbocycles. The quantitative estimate of drug-likeness (QED) is 0.804. The highest BCUT2D eigenvalue weighted by Gasteiger charge is 2.29. The molecule has 2 N–H and O–H groups in total. The summed E-state index contributed by atoms with van der Waals surface area (Å²) in [5.74, 6) is 1.55. The van der Waals surface area contributed by atoms with Gasteiger partial charge in [0.2, 0.25) is 5.91 Å². The Morgan fingerprint density at radius 1 is 1.21 bits per heavy atom. The number of rotatable bonds is 6. The number of piperidine rings is 1. The lowest BCUT2D eigenvalue weighted by Crippen LogP contribution is -2.47. The van der Waals surface area contributed by atoms with E-state index in [0.29, 0.717) is 36.2 Å². The maximum atomic E-state index is 12.4. The molecule has 1 saturated heterocycles. The fourth-order valence-electron chi connectivity index (χ4n) is 3.38. The first-order chi connectivity index (χ1) is 8.97. The van der Waals surface area contributed by atoms with Crippen molar-refractivity contribution < 1.29 is 4.79 Å². The van der Waals surface area contributed by atoms with Crippen LogP contribution in [0.15, 0.2) is 0 Å². The fourth-order valence-corrected chi connectivity index (χ4v) is 3.38. The van der Waals surface area contributed by atoms with Crippen molar-refractivity contribution in [1.29, 1.82) is 0 Å². The molecule has 112 valence electrons. The van der Waals surface area contributed by atoms with Crippen molar-refractivity contribution in [2.45, 2.75) is 78.3 Å². The highest BCUT2D eigenvalue weighted by Crippen LogP contribution is 2.26. The van der Waals surface area contributed by atoms with E-state index in [4.69, 9.17) is 5.73 Å². The van der Waals surface area contributed by atoms with Gasteiger partial charge in [0, 0.05) is 18.5 Å². The summed E-state index contributed by atoms with van der Waals surface area (Å²) >= 11 is 0. The minimum atomic E-state index is 0.349. The Bertz CT molecular complexity index is 268. The zero-order valence-electron chi connectivity index (χ0n) is 13.2. The fraction of sp³-hybridized carbons (Fsp3) is 0.938. The van der Waals surface area contributed by atoms with Crippen molar-refractivity contribution in [3.8, 4) is 0 Å². The van der Waals surface area contributed by atoms with Crippen LogP contribution in [0.4, 0.5) is 0 Å². The Morgan fingerprint density at radius 2 is 1.79 bits per heavy atom. The highest BCUT2D eigenvalue weighted by atomic mass is 16.2. The van der Waals surface area contributed by atoms with Crippen molar-refractivity contribution >= 4 is 5.91 Å². The molecular formula is C16H32N2O. The van der Waals surface area contributed by atoms with Gasteiger partial charge in [-0.25, -0.2) is 0 Å². The second kappa shape index (κ2) is 7.88. The summed E-state index contributed by atoms with van der Waals surface area (Å²) < 4.78 is 0. The molecule has 19 heavy (non-hydrogen) atoms. The molecule has 0 aliphatic carbocycles. The van der Waals surface area contributed by atoms with Crippen LogP contribution in [-0.4, -0.2) is 29.4 Å². The van der Waals surface area contributed by atoms with Crippen LogP contribution >= 0.6 is 0 Å². The van der Waals surface area contributed by atoms with E-state index in [2.05, 4.69) is 32.6 Å². The lowest BCUT2D eigenvalue weighted by Gasteiger charge is -2.39. The van der Waals surface area contributed by atoms with Crippen LogP contribution < -0.4 is 5.73 Å². The second-order valence-electron chi connectivity index (χ2n) is 6.55. The summed E-state index contributed by atoms with van der Waals surface area (Å²) in [4.78, 5) is 14.6.